The minimum atomic E-state index is -0.207. The number of hydrogen-bond donors (Lipinski definition) is 2. The van der Waals surface area contributed by atoms with Gasteiger partial charge in [-0.3, -0.25) is 4.79 Å². The van der Waals surface area contributed by atoms with Gasteiger partial charge in [0.15, 0.2) is 5.78 Å². The van der Waals surface area contributed by atoms with Crippen molar-refractivity contribution in [1.29, 1.82) is 0 Å². The summed E-state index contributed by atoms with van der Waals surface area (Å²) in [6, 6.07) is 10.4. The Morgan fingerprint density at radius 3 is 2.60 bits per heavy atom. The van der Waals surface area contributed by atoms with Crippen molar-refractivity contribution in [2.24, 2.45) is 0 Å². The number of fused-ring (bicyclic) bond motifs is 1. The molecule has 5 heteroatoms. The molecule has 3 aromatic rings. The van der Waals surface area contributed by atoms with Gasteiger partial charge in [0.2, 0.25) is 0 Å². The molecule has 1 heterocycles. The van der Waals surface area contributed by atoms with E-state index in [2.05, 4.69) is 4.98 Å². The van der Waals surface area contributed by atoms with Crippen molar-refractivity contribution in [1.82, 2.24) is 4.98 Å². The summed E-state index contributed by atoms with van der Waals surface area (Å²) in [4.78, 5) is 15.7. The summed E-state index contributed by atoms with van der Waals surface area (Å²) in [6.45, 7) is 0. The van der Waals surface area contributed by atoms with E-state index in [9.17, 15) is 4.79 Å². The number of carbonyl (C=O) groups excluding carboxylic acids is 1. The molecule has 20 heavy (non-hydrogen) atoms. The lowest BCUT2D eigenvalue weighted by molar-refractivity contribution is 0.104. The van der Waals surface area contributed by atoms with Gasteiger partial charge in [-0.2, -0.15) is 0 Å². The molecule has 0 bridgehead atoms. The summed E-state index contributed by atoms with van der Waals surface area (Å²) < 4.78 is 0. The van der Waals surface area contributed by atoms with Crippen LogP contribution in [0.4, 0.5) is 5.69 Å². The standard InChI is InChI=1S/C15H10Cl2N2O/c16-10-4-2-6-12-13(10)9(7-19-12)15(20)8-3-1-5-11(18)14(8)17/h1-7,19H,18H2. The number of nitrogens with two attached hydrogens (primary N) is 1. The molecule has 1 aromatic heterocycles. The fraction of sp³-hybridized carbons (Fsp3) is 0. The van der Waals surface area contributed by atoms with Gasteiger partial charge in [-0.25, -0.2) is 0 Å². The fourth-order valence-electron chi connectivity index (χ4n) is 2.19. The Balaban J connectivity index is 2.21. The number of halogens is 2. The van der Waals surface area contributed by atoms with Gasteiger partial charge in [0.1, 0.15) is 0 Å². The number of rotatable bonds is 2. The van der Waals surface area contributed by atoms with Crippen LogP contribution < -0.4 is 5.73 Å². The zero-order chi connectivity index (χ0) is 14.3. The third-order valence-corrected chi connectivity index (χ3v) is 3.91. The molecule has 0 unspecified atom stereocenters. The smallest absolute Gasteiger partial charge is 0.196 e. The first kappa shape index (κ1) is 13.0. The average molecular weight is 305 g/mol. The molecule has 0 aliphatic heterocycles. The summed E-state index contributed by atoms with van der Waals surface area (Å²) in [7, 11) is 0. The van der Waals surface area contributed by atoms with Gasteiger partial charge in [-0.1, -0.05) is 35.3 Å². The number of H-pyrrole nitrogens is 1. The van der Waals surface area contributed by atoms with E-state index in [0.29, 0.717) is 27.2 Å². The van der Waals surface area contributed by atoms with E-state index in [0.717, 1.165) is 5.52 Å². The highest BCUT2D eigenvalue weighted by atomic mass is 35.5. The number of nitrogens with one attached hydrogen (secondary N) is 1. The lowest BCUT2D eigenvalue weighted by Gasteiger charge is -2.05. The third kappa shape index (κ3) is 1.96. The second-order valence-corrected chi connectivity index (χ2v) is 5.19. The Labute approximate surface area is 125 Å². The molecule has 0 saturated carbocycles. The monoisotopic (exact) mass is 304 g/mol. The van der Waals surface area contributed by atoms with Crippen molar-refractivity contribution in [3.05, 3.63) is 63.8 Å². The zero-order valence-corrected chi connectivity index (χ0v) is 11.8. The highest BCUT2D eigenvalue weighted by Gasteiger charge is 2.19. The predicted molar refractivity (Wildman–Crippen MR) is 82.6 cm³/mol. The largest absolute Gasteiger partial charge is 0.398 e. The maximum Gasteiger partial charge on any atom is 0.196 e. The number of anilines is 1. The number of ketones is 1. The molecule has 0 aliphatic carbocycles. The van der Waals surface area contributed by atoms with E-state index in [1.54, 1.807) is 30.5 Å². The summed E-state index contributed by atoms with van der Waals surface area (Å²) in [6.07, 6.45) is 1.64. The molecular weight excluding hydrogens is 295 g/mol. The van der Waals surface area contributed by atoms with E-state index < -0.39 is 0 Å². The topological polar surface area (TPSA) is 58.9 Å². The van der Waals surface area contributed by atoms with Crippen LogP contribution in [0.3, 0.4) is 0 Å². The van der Waals surface area contributed by atoms with E-state index in [1.807, 2.05) is 12.1 Å². The second kappa shape index (κ2) is 4.85. The summed E-state index contributed by atoms with van der Waals surface area (Å²) in [5, 5.41) is 1.48. The highest BCUT2D eigenvalue weighted by Crippen LogP contribution is 2.31. The summed E-state index contributed by atoms with van der Waals surface area (Å²) in [5.74, 6) is -0.207. The number of aromatic nitrogens is 1. The molecule has 0 atom stereocenters. The minimum absolute atomic E-state index is 0.207. The minimum Gasteiger partial charge on any atom is -0.398 e. The fourth-order valence-corrected chi connectivity index (χ4v) is 2.68. The molecule has 0 spiro atoms. The van der Waals surface area contributed by atoms with Crippen LogP contribution in [0.5, 0.6) is 0 Å². The Bertz CT molecular complexity index is 824. The maximum absolute atomic E-state index is 12.6. The Morgan fingerprint density at radius 1 is 1.05 bits per heavy atom. The number of nitrogen functional groups attached to an aromatic ring is 1. The normalized spacial score (nSPS) is 10.9. The molecule has 0 radical (unpaired) electrons. The average Bonchev–Trinajstić information content (AvgIpc) is 2.86. The van der Waals surface area contributed by atoms with Gasteiger partial charge < -0.3 is 10.7 Å². The molecule has 0 amide bonds. The molecule has 2 aromatic carbocycles. The van der Waals surface area contributed by atoms with Crippen LogP contribution in [0.25, 0.3) is 10.9 Å². The number of benzene rings is 2. The summed E-state index contributed by atoms with van der Waals surface area (Å²) >= 11 is 12.3. The van der Waals surface area contributed by atoms with Crippen LogP contribution in [0, 0.1) is 0 Å². The van der Waals surface area contributed by atoms with Crippen LogP contribution in [-0.4, -0.2) is 10.8 Å². The van der Waals surface area contributed by atoms with Crippen LogP contribution in [-0.2, 0) is 0 Å². The quantitative estimate of drug-likeness (QED) is 0.548. The molecule has 3 rings (SSSR count). The SMILES string of the molecule is Nc1cccc(C(=O)c2c[nH]c3cccc(Cl)c23)c1Cl. The molecule has 100 valence electrons. The third-order valence-electron chi connectivity index (χ3n) is 3.17. The van der Waals surface area contributed by atoms with Crippen molar-refractivity contribution in [3.63, 3.8) is 0 Å². The highest BCUT2D eigenvalue weighted by molar-refractivity contribution is 6.40. The number of hydrogen-bond acceptors (Lipinski definition) is 2. The Hall–Kier alpha value is -1.97. The number of carbonyl (C=O) groups is 1. The first-order chi connectivity index (χ1) is 9.59. The van der Waals surface area contributed by atoms with E-state index >= 15 is 0 Å². The lowest BCUT2D eigenvalue weighted by Crippen LogP contribution is -2.03. The van der Waals surface area contributed by atoms with Crippen LogP contribution in [0.2, 0.25) is 10.0 Å². The van der Waals surface area contributed by atoms with Gasteiger partial charge in [-0.05, 0) is 24.3 Å². The zero-order valence-electron chi connectivity index (χ0n) is 10.3. The van der Waals surface area contributed by atoms with Crippen molar-refractivity contribution >= 4 is 45.6 Å². The first-order valence-electron chi connectivity index (χ1n) is 5.94. The van der Waals surface area contributed by atoms with Gasteiger partial charge in [-0.15, -0.1) is 0 Å². The van der Waals surface area contributed by atoms with Gasteiger partial charge in [0.05, 0.1) is 15.7 Å². The second-order valence-electron chi connectivity index (χ2n) is 4.40. The first-order valence-corrected chi connectivity index (χ1v) is 6.69. The predicted octanol–water partition coefficient (Wildman–Crippen LogP) is 4.29. The van der Waals surface area contributed by atoms with Crippen molar-refractivity contribution in [3.8, 4) is 0 Å². The van der Waals surface area contributed by atoms with E-state index in [1.165, 1.54) is 0 Å². The number of aromatic amines is 1. The van der Waals surface area contributed by atoms with Crippen molar-refractivity contribution in [2.75, 3.05) is 5.73 Å². The van der Waals surface area contributed by atoms with Crippen LogP contribution in [0.1, 0.15) is 15.9 Å². The Kier molecular flexibility index (Phi) is 3.16. The molecule has 0 aliphatic rings. The van der Waals surface area contributed by atoms with E-state index in [4.69, 9.17) is 28.9 Å². The molecule has 0 fully saturated rings. The molecule has 3 N–H and O–H groups in total. The van der Waals surface area contributed by atoms with Crippen molar-refractivity contribution in [2.45, 2.75) is 0 Å². The van der Waals surface area contributed by atoms with Crippen LogP contribution in [0.15, 0.2) is 42.6 Å². The van der Waals surface area contributed by atoms with Crippen LogP contribution >= 0.6 is 23.2 Å². The van der Waals surface area contributed by atoms with Gasteiger partial charge in [0.25, 0.3) is 0 Å². The lowest BCUT2D eigenvalue weighted by atomic mass is 10.0. The maximum atomic E-state index is 12.6. The Morgan fingerprint density at radius 2 is 1.80 bits per heavy atom. The molecule has 0 saturated heterocycles. The van der Waals surface area contributed by atoms with E-state index in [-0.39, 0.29) is 10.8 Å². The molecule has 3 nitrogen and oxygen atoms in total. The summed E-state index contributed by atoms with van der Waals surface area (Å²) in [5.41, 5.74) is 7.77. The van der Waals surface area contributed by atoms with Gasteiger partial charge >= 0.3 is 0 Å². The molecular formula is C15H10Cl2N2O. The van der Waals surface area contributed by atoms with Gasteiger partial charge in [0, 0.05) is 28.2 Å². The van der Waals surface area contributed by atoms with Crippen molar-refractivity contribution < 1.29 is 4.79 Å².